The van der Waals surface area contributed by atoms with E-state index in [1.165, 1.54) is 0 Å². The number of aliphatic hydroxyl groups is 3. The van der Waals surface area contributed by atoms with Gasteiger partial charge in [0.15, 0.2) is 0 Å². The summed E-state index contributed by atoms with van der Waals surface area (Å²) in [6.07, 6.45) is 2.21. The van der Waals surface area contributed by atoms with Gasteiger partial charge in [0.25, 0.3) is 0 Å². The highest BCUT2D eigenvalue weighted by atomic mass is 16.3. The molecule has 0 fully saturated rings. The van der Waals surface area contributed by atoms with Crippen LogP contribution in [0.1, 0.15) is 33.6 Å². The minimum atomic E-state index is -1.04. The van der Waals surface area contributed by atoms with Crippen molar-refractivity contribution >= 4 is 0 Å². The van der Waals surface area contributed by atoms with E-state index in [-0.39, 0.29) is 6.61 Å². The molecule has 0 bridgehead atoms. The lowest BCUT2D eigenvalue weighted by atomic mass is 9.96. The molecular weight excluding hydrogens is 168 g/mol. The molecule has 0 saturated heterocycles. The summed E-state index contributed by atoms with van der Waals surface area (Å²) in [6.45, 7) is 5.10. The van der Waals surface area contributed by atoms with Gasteiger partial charge in [-0.15, -0.1) is 0 Å². The summed E-state index contributed by atoms with van der Waals surface area (Å²) in [4.78, 5) is 0. The van der Waals surface area contributed by atoms with Gasteiger partial charge in [0.2, 0.25) is 0 Å². The lowest BCUT2D eigenvalue weighted by Crippen LogP contribution is -2.35. The van der Waals surface area contributed by atoms with Crippen LogP contribution in [0.15, 0.2) is 11.6 Å². The van der Waals surface area contributed by atoms with Crippen LogP contribution in [0.5, 0.6) is 0 Å². The fourth-order valence-electron chi connectivity index (χ4n) is 0.976. The largest absolute Gasteiger partial charge is 0.392 e. The first-order valence-electron chi connectivity index (χ1n) is 4.55. The first kappa shape index (κ1) is 12.6. The van der Waals surface area contributed by atoms with Crippen molar-refractivity contribution in [2.75, 3.05) is 6.61 Å². The second kappa shape index (κ2) is 5.37. The third kappa shape index (κ3) is 5.80. The van der Waals surface area contributed by atoms with Gasteiger partial charge in [0.1, 0.15) is 0 Å². The summed E-state index contributed by atoms with van der Waals surface area (Å²) in [6, 6.07) is 0. The lowest BCUT2D eigenvalue weighted by Gasteiger charge is -2.24. The standard InChI is InChI=1S/C10H20O3/c1-8(6-7-11)4-5-9(12)10(2,3)13/h6,9,11-13H,4-5,7H2,1-3H3/b8-6+/t9-/m1/s1. The predicted octanol–water partition coefficient (Wildman–Crippen LogP) is 0.837. The van der Waals surface area contributed by atoms with Crippen LogP contribution in [0.4, 0.5) is 0 Å². The maximum Gasteiger partial charge on any atom is 0.0849 e. The van der Waals surface area contributed by atoms with E-state index in [1.807, 2.05) is 6.92 Å². The molecule has 0 aliphatic carbocycles. The van der Waals surface area contributed by atoms with Crippen molar-refractivity contribution < 1.29 is 15.3 Å². The smallest absolute Gasteiger partial charge is 0.0849 e. The van der Waals surface area contributed by atoms with Gasteiger partial charge in [-0.25, -0.2) is 0 Å². The molecule has 0 aromatic rings. The number of hydrogen-bond acceptors (Lipinski definition) is 3. The molecule has 3 nitrogen and oxygen atoms in total. The minimum Gasteiger partial charge on any atom is -0.392 e. The average molecular weight is 188 g/mol. The van der Waals surface area contributed by atoms with Gasteiger partial charge in [-0.05, 0) is 33.6 Å². The lowest BCUT2D eigenvalue weighted by molar-refractivity contribution is -0.0509. The minimum absolute atomic E-state index is 0.0322. The van der Waals surface area contributed by atoms with Crippen LogP contribution in [0, 0.1) is 0 Å². The number of hydrogen-bond donors (Lipinski definition) is 3. The molecule has 0 aromatic heterocycles. The summed E-state index contributed by atoms with van der Waals surface area (Å²) in [5, 5.41) is 27.4. The van der Waals surface area contributed by atoms with Gasteiger partial charge in [0, 0.05) is 0 Å². The molecule has 3 heteroatoms. The highest BCUT2D eigenvalue weighted by Gasteiger charge is 2.23. The Hall–Kier alpha value is -0.380. The molecule has 3 N–H and O–H groups in total. The summed E-state index contributed by atoms with van der Waals surface area (Å²) in [5.74, 6) is 0. The summed E-state index contributed by atoms with van der Waals surface area (Å²) < 4.78 is 0. The van der Waals surface area contributed by atoms with E-state index in [1.54, 1.807) is 19.9 Å². The van der Waals surface area contributed by atoms with Crippen molar-refractivity contribution in [3.63, 3.8) is 0 Å². The van der Waals surface area contributed by atoms with Gasteiger partial charge in [-0.3, -0.25) is 0 Å². The van der Waals surface area contributed by atoms with Gasteiger partial charge in [-0.2, -0.15) is 0 Å². The first-order chi connectivity index (χ1) is 5.88. The van der Waals surface area contributed by atoms with Crippen LogP contribution in [-0.2, 0) is 0 Å². The van der Waals surface area contributed by atoms with Crippen molar-refractivity contribution in [1.82, 2.24) is 0 Å². The van der Waals surface area contributed by atoms with Crippen LogP contribution in [-0.4, -0.2) is 33.6 Å². The molecule has 13 heavy (non-hydrogen) atoms. The Morgan fingerprint density at radius 3 is 2.38 bits per heavy atom. The Kier molecular flexibility index (Phi) is 5.21. The van der Waals surface area contributed by atoms with E-state index in [4.69, 9.17) is 5.11 Å². The molecule has 78 valence electrons. The molecule has 0 unspecified atom stereocenters. The highest BCUT2D eigenvalue weighted by molar-refractivity contribution is 4.98. The van der Waals surface area contributed by atoms with Crippen molar-refractivity contribution in [3.05, 3.63) is 11.6 Å². The Bertz CT molecular complexity index is 167. The van der Waals surface area contributed by atoms with E-state index in [9.17, 15) is 10.2 Å². The molecular formula is C10H20O3. The third-order valence-electron chi connectivity index (χ3n) is 2.07. The van der Waals surface area contributed by atoms with E-state index >= 15 is 0 Å². The molecule has 0 aliphatic rings. The second-order valence-corrected chi connectivity index (χ2v) is 3.94. The van der Waals surface area contributed by atoms with E-state index in [2.05, 4.69) is 0 Å². The van der Waals surface area contributed by atoms with Crippen LogP contribution in [0.25, 0.3) is 0 Å². The van der Waals surface area contributed by atoms with Crippen molar-refractivity contribution in [2.45, 2.75) is 45.3 Å². The molecule has 0 aromatic carbocycles. The molecule has 0 radical (unpaired) electrons. The fraction of sp³-hybridized carbons (Fsp3) is 0.800. The number of allylic oxidation sites excluding steroid dienone is 1. The van der Waals surface area contributed by atoms with E-state index < -0.39 is 11.7 Å². The summed E-state index contributed by atoms with van der Waals surface area (Å²) >= 11 is 0. The zero-order valence-electron chi connectivity index (χ0n) is 8.62. The molecule has 0 rings (SSSR count). The topological polar surface area (TPSA) is 60.7 Å². The zero-order chi connectivity index (χ0) is 10.5. The van der Waals surface area contributed by atoms with Gasteiger partial charge >= 0.3 is 0 Å². The fourth-order valence-corrected chi connectivity index (χ4v) is 0.976. The average Bonchev–Trinajstić information content (AvgIpc) is 1.99. The Balaban J connectivity index is 3.83. The molecule has 0 spiro atoms. The molecule has 0 saturated carbocycles. The molecule has 0 aliphatic heterocycles. The molecule has 0 amide bonds. The van der Waals surface area contributed by atoms with Gasteiger partial charge < -0.3 is 15.3 Å². The van der Waals surface area contributed by atoms with Crippen molar-refractivity contribution in [2.24, 2.45) is 0 Å². The maximum absolute atomic E-state index is 9.46. The van der Waals surface area contributed by atoms with Crippen LogP contribution < -0.4 is 0 Å². The predicted molar refractivity (Wildman–Crippen MR) is 52.4 cm³/mol. The zero-order valence-corrected chi connectivity index (χ0v) is 8.62. The Labute approximate surface area is 79.7 Å². The normalized spacial score (nSPS) is 16.0. The van der Waals surface area contributed by atoms with Crippen molar-refractivity contribution in [3.8, 4) is 0 Å². The van der Waals surface area contributed by atoms with Crippen molar-refractivity contribution in [1.29, 1.82) is 0 Å². The number of aliphatic hydroxyl groups excluding tert-OH is 2. The van der Waals surface area contributed by atoms with Crippen LogP contribution >= 0.6 is 0 Å². The van der Waals surface area contributed by atoms with Crippen LogP contribution in [0.3, 0.4) is 0 Å². The SMILES string of the molecule is C/C(=C\CO)CC[C@@H](O)C(C)(C)O. The molecule has 1 atom stereocenters. The Morgan fingerprint density at radius 1 is 1.46 bits per heavy atom. The van der Waals surface area contributed by atoms with E-state index in [0.29, 0.717) is 12.8 Å². The quantitative estimate of drug-likeness (QED) is 0.560. The van der Waals surface area contributed by atoms with Crippen LogP contribution in [0.2, 0.25) is 0 Å². The van der Waals surface area contributed by atoms with Gasteiger partial charge in [-0.1, -0.05) is 11.6 Å². The van der Waals surface area contributed by atoms with E-state index in [0.717, 1.165) is 5.57 Å². The maximum atomic E-state index is 9.46. The Morgan fingerprint density at radius 2 is 2.00 bits per heavy atom. The summed E-state index contributed by atoms with van der Waals surface area (Å²) in [7, 11) is 0. The summed E-state index contributed by atoms with van der Waals surface area (Å²) in [5.41, 5.74) is -0.00902. The van der Waals surface area contributed by atoms with Gasteiger partial charge in [0.05, 0.1) is 18.3 Å². The molecule has 0 heterocycles. The number of rotatable bonds is 5. The monoisotopic (exact) mass is 188 g/mol. The second-order valence-electron chi connectivity index (χ2n) is 3.94. The highest BCUT2D eigenvalue weighted by Crippen LogP contribution is 2.16. The third-order valence-corrected chi connectivity index (χ3v) is 2.07. The first-order valence-corrected chi connectivity index (χ1v) is 4.55.